The highest BCUT2D eigenvalue weighted by Gasteiger charge is 2.19. The minimum atomic E-state index is 0.561. The summed E-state index contributed by atoms with van der Waals surface area (Å²) in [4.78, 5) is 15.0. The van der Waals surface area contributed by atoms with Gasteiger partial charge in [-0.05, 0) is 77.9 Å². The molecule has 57 heavy (non-hydrogen) atoms. The van der Waals surface area contributed by atoms with Crippen molar-refractivity contribution >= 4 is 65.7 Å². The van der Waals surface area contributed by atoms with Gasteiger partial charge in [0.15, 0.2) is 17.5 Å². The molecule has 4 heterocycles. The number of para-hydroxylation sites is 3. The number of hydrogen-bond donors (Lipinski definition) is 0. The van der Waals surface area contributed by atoms with Crippen LogP contribution in [-0.4, -0.2) is 19.5 Å². The molecule has 0 bridgehead atoms. The molecule has 0 fully saturated rings. The molecule has 0 N–H and O–H groups in total. The van der Waals surface area contributed by atoms with E-state index in [1.165, 1.54) is 21.8 Å². The summed E-state index contributed by atoms with van der Waals surface area (Å²) in [6.45, 7) is 0. The van der Waals surface area contributed by atoms with Gasteiger partial charge in [-0.25, -0.2) is 15.0 Å². The minimum absolute atomic E-state index is 0.561. The third kappa shape index (κ3) is 5.01. The third-order valence-electron chi connectivity index (χ3n) is 11.1. The van der Waals surface area contributed by atoms with Crippen molar-refractivity contribution in [2.24, 2.45) is 0 Å². The summed E-state index contributed by atoms with van der Waals surface area (Å²) < 4.78 is 15.2. The Morgan fingerprint density at radius 1 is 0.333 bits per heavy atom. The molecule has 0 saturated heterocycles. The summed E-state index contributed by atoms with van der Waals surface area (Å²) in [5.74, 6) is 1.72. The zero-order chi connectivity index (χ0) is 37.5. The molecule has 8 aromatic carbocycles. The van der Waals surface area contributed by atoms with E-state index in [1.807, 2.05) is 66.7 Å². The fourth-order valence-corrected chi connectivity index (χ4v) is 8.42. The van der Waals surface area contributed by atoms with Crippen LogP contribution in [0.25, 0.3) is 117 Å². The second-order valence-electron chi connectivity index (χ2n) is 14.4. The number of hydrogen-bond acceptors (Lipinski definition) is 5. The SMILES string of the molecule is c1ccc(-c2nc(-c3ccc4c(c3)oc3ccccc34)nc(-c3ccc4c(c3)oc3cccc(-c5ccc6c(c5)c5ccccc5n6-c5ccccc5)c34)n2)cc1. The van der Waals surface area contributed by atoms with Crippen LogP contribution in [0.15, 0.2) is 191 Å². The standard InChI is InChI=1S/C51H30N4O2/c1-3-12-31(13-4-1)49-52-50(33-22-25-39-38-17-8-10-20-44(38)56-46(39)29-33)54-51(53-49)34-23-26-40-47(30-34)57-45-21-11-18-36(48(40)45)32-24-27-43-41(28-32)37-16-7-9-19-42(37)55(43)35-14-5-2-6-15-35/h1-30H. The maximum Gasteiger partial charge on any atom is 0.164 e. The molecule has 0 aliphatic heterocycles. The van der Waals surface area contributed by atoms with E-state index in [4.69, 9.17) is 23.8 Å². The van der Waals surface area contributed by atoms with Gasteiger partial charge < -0.3 is 13.4 Å². The Morgan fingerprint density at radius 2 is 0.895 bits per heavy atom. The quantitative estimate of drug-likeness (QED) is 0.176. The van der Waals surface area contributed by atoms with E-state index in [-0.39, 0.29) is 0 Å². The van der Waals surface area contributed by atoms with Crippen molar-refractivity contribution in [2.75, 3.05) is 0 Å². The van der Waals surface area contributed by atoms with Crippen LogP contribution < -0.4 is 0 Å². The lowest BCUT2D eigenvalue weighted by atomic mass is 9.97. The van der Waals surface area contributed by atoms with Crippen molar-refractivity contribution < 1.29 is 8.83 Å². The molecule has 0 spiro atoms. The average Bonchev–Trinajstić information content (AvgIpc) is 3.95. The largest absolute Gasteiger partial charge is 0.456 e. The van der Waals surface area contributed by atoms with Gasteiger partial charge in [-0.1, -0.05) is 115 Å². The first kappa shape index (κ1) is 31.5. The van der Waals surface area contributed by atoms with Gasteiger partial charge in [0.2, 0.25) is 0 Å². The Hall–Kier alpha value is -7.83. The van der Waals surface area contributed by atoms with Crippen molar-refractivity contribution in [3.63, 3.8) is 0 Å². The van der Waals surface area contributed by atoms with Crippen LogP contribution in [0.3, 0.4) is 0 Å². The Balaban J connectivity index is 0.997. The lowest BCUT2D eigenvalue weighted by molar-refractivity contribution is 0.668. The zero-order valence-corrected chi connectivity index (χ0v) is 30.4. The predicted molar refractivity (Wildman–Crippen MR) is 230 cm³/mol. The number of fused-ring (bicyclic) bond motifs is 9. The smallest absolute Gasteiger partial charge is 0.164 e. The van der Waals surface area contributed by atoms with Crippen LogP contribution in [0.5, 0.6) is 0 Å². The maximum absolute atomic E-state index is 6.62. The van der Waals surface area contributed by atoms with Gasteiger partial charge in [0.05, 0.1) is 11.0 Å². The molecule has 266 valence electrons. The molecule has 4 aromatic heterocycles. The molecule has 0 radical (unpaired) electrons. The number of rotatable bonds is 5. The lowest BCUT2D eigenvalue weighted by Gasteiger charge is -2.09. The van der Waals surface area contributed by atoms with Crippen molar-refractivity contribution in [2.45, 2.75) is 0 Å². The van der Waals surface area contributed by atoms with Crippen molar-refractivity contribution in [1.29, 1.82) is 0 Å². The third-order valence-corrected chi connectivity index (χ3v) is 11.1. The summed E-state index contributed by atoms with van der Waals surface area (Å²) >= 11 is 0. The van der Waals surface area contributed by atoms with Crippen LogP contribution in [0, 0.1) is 0 Å². The predicted octanol–water partition coefficient (Wildman–Crippen LogP) is 13.4. The maximum atomic E-state index is 6.62. The van der Waals surface area contributed by atoms with Crippen LogP contribution in [0.4, 0.5) is 0 Å². The van der Waals surface area contributed by atoms with Gasteiger partial charge in [0.1, 0.15) is 22.3 Å². The molecule has 12 aromatic rings. The normalized spacial score (nSPS) is 11.9. The zero-order valence-electron chi connectivity index (χ0n) is 30.4. The van der Waals surface area contributed by atoms with E-state index in [2.05, 4.69) is 120 Å². The van der Waals surface area contributed by atoms with Gasteiger partial charge in [0.25, 0.3) is 0 Å². The van der Waals surface area contributed by atoms with Crippen LogP contribution >= 0.6 is 0 Å². The highest BCUT2D eigenvalue weighted by Crippen LogP contribution is 2.41. The number of nitrogens with zero attached hydrogens (tertiary/aromatic N) is 4. The van der Waals surface area contributed by atoms with E-state index >= 15 is 0 Å². The highest BCUT2D eigenvalue weighted by atomic mass is 16.3. The molecule has 6 nitrogen and oxygen atoms in total. The first-order valence-corrected chi connectivity index (χ1v) is 19.0. The summed E-state index contributed by atoms with van der Waals surface area (Å²) in [6.07, 6.45) is 0. The number of furan rings is 2. The fraction of sp³-hybridized carbons (Fsp3) is 0. The summed E-state index contributed by atoms with van der Waals surface area (Å²) in [5.41, 5.74) is 11.6. The summed E-state index contributed by atoms with van der Waals surface area (Å²) in [5, 5.41) is 6.67. The molecular weight excluding hydrogens is 701 g/mol. The Bertz CT molecular complexity index is 3530. The summed E-state index contributed by atoms with van der Waals surface area (Å²) in [7, 11) is 0. The van der Waals surface area contributed by atoms with E-state index in [0.717, 1.165) is 77.4 Å². The molecule has 0 aliphatic rings. The van der Waals surface area contributed by atoms with Crippen LogP contribution in [-0.2, 0) is 0 Å². The molecular formula is C51H30N4O2. The van der Waals surface area contributed by atoms with Crippen LogP contribution in [0.1, 0.15) is 0 Å². The van der Waals surface area contributed by atoms with Crippen molar-refractivity contribution in [3.8, 4) is 51.0 Å². The second-order valence-corrected chi connectivity index (χ2v) is 14.4. The van der Waals surface area contributed by atoms with E-state index in [9.17, 15) is 0 Å². The highest BCUT2D eigenvalue weighted by molar-refractivity contribution is 6.15. The Kier molecular flexibility index (Phi) is 6.83. The van der Waals surface area contributed by atoms with Gasteiger partial charge in [-0.2, -0.15) is 0 Å². The van der Waals surface area contributed by atoms with Gasteiger partial charge in [0, 0.05) is 54.7 Å². The fourth-order valence-electron chi connectivity index (χ4n) is 8.42. The monoisotopic (exact) mass is 730 g/mol. The molecule has 6 heteroatoms. The van der Waals surface area contributed by atoms with Gasteiger partial charge in [-0.3, -0.25) is 0 Å². The average molecular weight is 731 g/mol. The molecule has 0 saturated carbocycles. The molecule has 12 rings (SSSR count). The van der Waals surface area contributed by atoms with E-state index in [0.29, 0.717) is 17.5 Å². The van der Waals surface area contributed by atoms with E-state index < -0.39 is 0 Å². The molecule has 0 amide bonds. The van der Waals surface area contributed by atoms with Crippen molar-refractivity contribution in [3.05, 3.63) is 182 Å². The number of aromatic nitrogens is 4. The first-order valence-electron chi connectivity index (χ1n) is 19.0. The lowest BCUT2D eigenvalue weighted by Crippen LogP contribution is -2.00. The molecule has 0 aliphatic carbocycles. The Labute approximate surface area is 325 Å². The van der Waals surface area contributed by atoms with Crippen molar-refractivity contribution in [1.82, 2.24) is 19.5 Å². The molecule has 0 unspecified atom stereocenters. The van der Waals surface area contributed by atoms with Gasteiger partial charge >= 0.3 is 0 Å². The first-order chi connectivity index (χ1) is 28.2. The minimum Gasteiger partial charge on any atom is -0.456 e. The van der Waals surface area contributed by atoms with Crippen LogP contribution in [0.2, 0.25) is 0 Å². The van der Waals surface area contributed by atoms with Gasteiger partial charge in [-0.15, -0.1) is 0 Å². The summed E-state index contributed by atoms with van der Waals surface area (Å²) in [6, 6.07) is 62.8. The topological polar surface area (TPSA) is 69.9 Å². The molecule has 0 atom stereocenters. The second kappa shape index (κ2) is 12.3. The van der Waals surface area contributed by atoms with E-state index in [1.54, 1.807) is 0 Å². The number of benzene rings is 8. The Morgan fingerprint density at radius 3 is 1.68 bits per heavy atom.